The summed E-state index contributed by atoms with van der Waals surface area (Å²) in [6, 6.07) is 7.39. The molecule has 4 nitrogen and oxygen atoms in total. The number of hydrogen-bond donors (Lipinski definition) is 0. The van der Waals surface area contributed by atoms with Gasteiger partial charge in [-0.25, -0.2) is 0 Å². The second-order valence-corrected chi connectivity index (χ2v) is 4.74. The minimum absolute atomic E-state index is 0.239. The number of ether oxygens (including phenoxy) is 1. The zero-order chi connectivity index (χ0) is 13.1. The highest BCUT2D eigenvalue weighted by atomic mass is 32.2. The van der Waals surface area contributed by atoms with Crippen LogP contribution in [0.1, 0.15) is 12.5 Å². The first-order valence-electron chi connectivity index (χ1n) is 5.56. The lowest BCUT2D eigenvalue weighted by Gasteiger charge is -2.03. The molecule has 0 bridgehead atoms. The predicted octanol–water partition coefficient (Wildman–Crippen LogP) is 2.75. The van der Waals surface area contributed by atoms with E-state index in [-0.39, 0.29) is 11.1 Å². The third kappa shape index (κ3) is 2.56. The van der Waals surface area contributed by atoms with Gasteiger partial charge >= 0.3 is 0 Å². The van der Waals surface area contributed by atoms with Gasteiger partial charge in [0, 0.05) is 7.05 Å². The molecule has 0 saturated carbocycles. The molecular weight excluding hydrogens is 250 g/mol. The molecule has 94 valence electrons. The van der Waals surface area contributed by atoms with Crippen molar-refractivity contribution in [2.24, 2.45) is 0 Å². The third-order valence-electron chi connectivity index (χ3n) is 2.48. The van der Waals surface area contributed by atoms with Gasteiger partial charge in [0.05, 0.1) is 11.5 Å². The Kier molecular flexibility index (Phi) is 3.72. The summed E-state index contributed by atoms with van der Waals surface area (Å²) in [5.41, 5.74) is 0.873. The van der Waals surface area contributed by atoms with Crippen molar-refractivity contribution in [2.45, 2.75) is 6.92 Å². The molecule has 1 aliphatic rings. The van der Waals surface area contributed by atoms with E-state index in [1.165, 1.54) is 7.05 Å². The Balaban J connectivity index is 2.18. The second kappa shape index (κ2) is 5.27. The molecule has 0 aromatic heterocycles. The summed E-state index contributed by atoms with van der Waals surface area (Å²) in [6.07, 6.45) is 1.71. The van der Waals surface area contributed by atoms with Crippen molar-refractivity contribution in [2.75, 3.05) is 13.7 Å². The fourth-order valence-electron chi connectivity index (χ4n) is 1.52. The van der Waals surface area contributed by atoms with Gasteiger partial charge in [-0.05, 0) is 42.5 Å². The molecule has 1 aliphatic heterocycles. The largest absolute Gasteiger partial charge is 0.494 e. The summed E-state index contributed by atoms with van der Waals surface area (Å²) in [5, 5.41) is -0.239. The number of hydrogen-bond acceptors (Lipinski definition) is 4. The number of imide groups is 1. The number of amides is 2. The van der Waals surface area contributed by atoms with Gasteiger partial charge in [-0.1, -0.05) is 12.1 Å². The molecular formula is C13H13NO3S. The number of rotatable bonds is 3. The van der Waals surface area contributed by atoms with Crippen molar-refractivity contribution in [3.8, 4) is 5.75 Å². The molecule has 18 heavy (non-hydrogen) atoms. The van der Waals surface area contributed by atoms with Gasteiger partial charge in [0.1, 0.15) is 5.75 Å². The quantitative estimate of drug-likeness (QED) is 0.787. The van der Waals surface area contributed by atoms with Crippen LogP contribution in [0.3, 0.4) is 0 Å². The Morgan fingerprint density at radius 2 is 1.94 bits per heavy atom. The summed E-state index contributed by atoms with van der Waals surface area (Å²) >= 11 is 0.958. The normalized spacial score (nSPS) is 17.7. The topological polar surface area (TPSA) is 46.6 Å². The molecule has 1 aromatic carbocycles. The van der Waals surface area contributed by atoms with Crippen LogP contribution in [0.2, 0.25) is 0 Å². The molecule has 0 unspecified atom stereocenters. The lowest BCUT2D eigenvalue weighted by Crippen LogP contribution is -2.22. The number of nitrogens with zero attached hydrogens (tertiary/aromatic N) is 1. The second-order valence-electron chi connectivity index (χ2n) is 3.74. The lowest BCUT2D eigenvalue weighted by atomic mass is 10.2. The number of thioether (sulfide) groups is 1. The van der Waals surface area contributed by atoms with Gasteiger partial charge in [-0.3, -0.25) is 14.5 Å². The molecule has 0 N–H and O–H groups in total. The molecule has 2 amide bonds. The maximum atomic E-state index is 11.7. The lowest BCUT2D eigenvalue weighted by molar-refractivity contribution is -0.121. The molecule has 2 rings (SSSR count). The Morgan fingerprint density at radius 3 is 2.44 bits per heavy atom. The Morgan fingerprint density at radius 1 is 1.28 bits per heavy atom. The zero-order valence-corrected chi connectivity index (χ0v) is 11.0. The van der Waals surface area contributed by atoms with E-state index in [2.05, 4.69) is 0 Å². The first kappa shape index (κ1) is 12.7. The van der Waals surface area contributed by atoms with Gasteiger partial charge in [0.25, 0.3) is 11.1 Å². The maximum Gasteiger partial charge on any atom is 0.293 e. The van der Waals surface area contributed by atoms with Gasteiger partial charge in [0.2, 0.25) is 0 Å². The van der Waals surface area contributed by atoms with Crippen LogP contribution in [0.15, 0.2) is 29.2 Å². The van der Waals surface area contributed by atoms with E-state index in [1.54, 1.807) is 6.08 Å². The molecule has 0 radical (unpaired) electrons. The van der Waals surface area contributed by atoms with Crippen LogP contribution in [0.5, 0.6) is 5.75 Å². The van der Waals surface area contributed by atoms with E-state index < -0.39 is 0 Å². The van der Waals surface area contributed by atoms with Crippen molar-refractivity contribution >= 4 is 29.0 Å². The van der Waals surface area contributed by atoms with Crippen LogP contribution in [0, 0.1) is 0 Å². The average molecular weight is 263 g/mol. The van der Waals surface area contributed by atoms with Gasteiger partial charge in [-0.15, -0.1) is 0 Å². The Bertz CT molecular complexity index is 507. The maximum absolute atomic E-state index is 11.7. The van der Waals surface area contributed by atoms with E-state index in [9.17, 15) is 9.59 Å². The fourth-order valence-corrected chi connectivity index (χ4v) is 2.35. The first-order chi connectivity index (χ1) is 8.61. The van der Waals surface area contributed by atoms with E-state index in [0.29, 0.717) is 11.5 Å². The van der Waals surface area contributed by atoms with E-state index >= 15 is 0 Å². The van der Waals surface area contributed by atoms with Crippen molar-refractivity contribution in [1.29, 1.82) is 0 Å². The Labute approximate surface area is 110 Å². The minimum Gasteiger partial charge on any atom is -0.494 e. The van der Waals surface area contributed by atoms with Gasteiger partial charge < -0.3 is 4.74 Å². The molecule has 0 aliphatic carbocycles. The molecule has 1 aromatic rings. The monoisotopic (exact) mass is 263 g/mol. The molecule has 1 heterocycles. The fraction of sp³-hybridized carbons (Fsp3) is 0.231. The van der Waals surface area contributed by atoms with Crippen molar-refractivity contribution in [3.05, 3.63) is 34.7 Å². The van der Waals surface area contributed by atoms with E-state index in [4.69, 9.17) is 4.74 Å². The number of likely N-dealkylation sites (N-methyl/N-ethyl adjacent to an activating group) is 1. The summed E-state index contributed by atoms with van der Waals surface area (Å²) < 4.78 is 5.33. The van der Waals surface area contributed by atoms with Crippen molar-refractivity contribution in [1.82, 2.24) is 4.90 Å². The van der Waals surface area contributed by atoms with Crippen molar-refractivity contribution < 1.29 is 14.3 Å². The molecule has 5 heteroatoms. The zero-order valence-electron chi connectivity index (χ0n) is 10.2. The summed E-state index contributed by atoms with van der Waals surface area (Å²) in [5.74, 6) is 0.539. The number of benzene rings is 1. The number of carbonyl (C=O) groups is 2. The van der Waals surface area contributed by atoms with Crippen LogP contribution in [-0.2, 0) is 4.79 Å². The van der Waals surface area contributed by atoms with Crippen LogP contribution in [0.4, 0.5) is 4.79 Å². The first-order valence-corrected chi connectivity index (χ1v) is 6.38. The van der Waals surface area contributed by atoms with Crippen molar-refractivity contribution in [3.63, 3.8) is 0 Å². The van der Waals surface area contributed by atoms with E-state index in [1.807, 2.05) is 31.2 Å². The standard InChI is InChI=1S/C13H13NO3S/c1-3-17-10-6-4-9(5-7-10)8-11-12(15)14(2)13(16)18-11/h4-8H,3H2,1-2H3. The van der Waals surface area contributed by atoms with Gasteiger partial charge in [0.15, 0.2) is 0 Å². The minimum atomic E-state index is -0.251. The average Bonchev–Trinajstić information content (AvgIpc) is 2.60. The highest BCUT2D eigenvalue weighted by molar-refractivity contribution is 8.18. The smallest absolute Gasteiger partial charge is 0.293 e. The van der Waals surface area contributed by atoms with Crippen LogP contribution in [-0.4, -0.2) is 29.7 Å². The van der Waals surface area contributed by atoms with Gasteiger partial charge in [-0.2, -0.15) is 0 Å². The summed E-state index contributed by atoms with van der Waals surface area (Å²) in [4.78, 5) is 24.6. The van der Waals surface area contributed by atoms with Crippen LogP contribution < -0.4 is 4.74 Å². The summed E-state index contributed by atoms with van der Waals surface area (Å²) in [7, 11) is 1.48. The Hall–Kier alpha value is -1.75. The molecule has 0 spiro atoms. The number of carbonyl (C=O) groups excluding carboxylic acids is 2. The van der Waals surface area contributed by atoms with Crippen LogP contribution >= 0.6 is 11.8 Å². The molecule has 1 fully saturated rings. The SMILES string of the molecule is CCOc1ccc(C=C2SC(=O)N(C)C2=O)cc1. The molecule has 1 saturated heterocycles. The molecule has 0 atom stereocenters. The van der Waals surface area contributed by atoms with E-state index in [0.717, 1.165) is 28.0 Å². The van der Waals surface area contributed by atoms with Crippen LogP contribution in [0.25, 0.3) is 6.08 Å². The highest BCUT2D eigenvalue weighted by Crippen LogP contribution is 2.31. The highest BCUT2D eigenvalue weighted by Gasteiger charge is 2.31. The third-order valence-corrected chi connectivity index (χ3v) is 3.44. The predicted molar refractivity (Wildman–Crippen MR) is 71.3 cm³/mol. The summed E-state index contributed by atoms with van der Waals surface area (Å²) in [6.45, 7) is 2.54.